The third kappa shape index (κ3) is 3.29. The van der Waals surface area contributed by atoms with Gasteiger partial charge in [-0.2, -0.15) is 13.2 Å². The maximum absolute atomic E-state index is 14.3. The Morgan fingerprint density at radius 2 is 1.96 bits per heavy atom. The summed E-state index contributed by atoms with van der Waals surface area (Å²) >= 11 is 0. The number of nitrogens with zero attached hydrogens (tertiary/aromatic N) is 4. The Balaban J connectivity index is 1.67. The third-order valence-corrected chi connectivity index (χ3v) is 4.27. The normalized spacial score (nSPS) is 14.3. The molecule has 1 saturated heterocycles. The molecule has 0 radical (unpaired) electrons. The molecule has 1 aliphatic heterocycles. The van der Waals surface area contributed by atoms with Crippen molar-refractivity contribution in [3.8, 4) is 11.3 Å². The third-order valence-electron chi connectivity index (χ3n) is 4.27. The SMILES string of the molecule is O=C(Nc1ccc(F)c(-c2cn3cc(C(F)(F)F)cnc3n2)c1)N1CCC1. The number of carbonyl (C=O) groups excluding carboxylic acids is 1. The maximum Gasteiger partial charge on any atom is 0.419 e. The average Bonchev–Trinajstić information content (AvgIpc) is 2.97. The predicted octanol–water partition coefficient (Wildman–Crippen LogP) is 3.79. The lowest BCUT2D eigenvalue weighted by Gasteiger charge is -2.30. The summed E-state index contributed by atoms with van der Waals surface area (Å²) in [5.74, 6) is -0.608. The number of alkyl halides is 3. The number of fused-ring (bicyclic) bond motifs is 1. The zero-order valence-electron chi connectivity index (χ0n) is 13.8. The summed E-state index contributed by atoms with van der Waals surface area (Å²) in [4.78, 5) is 21.3. The Labute approximate surface area is 150 Å². The number of anilines is 1. The Hall–Kier alpha value is -3.17. The molecule has 0 bridgehead atoms. The lowest BCUT2D eigenvalue weighted by atomic mass is 10.1. The number of likely N-dealkylation sites (tertiary alicyclic amines) is 1. The van der Waals surface area contributed by atoms with Crippen molar-refractivity contribution in [1.82, 2.24) is 19.3 Å². The van der Waals surface area contributed by atoms with Crippen LogP contribution in [0.1, 0.15) is 12.0 Å². The van der Waals surface area contributed by atoms with Crippen molar-refractivity contribution in [1.29, 1.82) is 0 Å². The van der Waals surface area contributed by atoms with Gasteiger partial charge >= 0.3 is 12.2 Å². The van der Waals surface area contributed by atoms with Gasteiger partial charge in [-0.1, -0.05) is 0 Å². The molecule has 2 amide bonds. The summed E-state index contributed by atoms with van der Waals surface area (Å²) in [6, 6.07) is 3.68. The van der Waals surface area contributed by atoms with Crippen molar-refractivity contribution >= 4 is 17.5 Å². The number of amides is 2. The molecule has 10 heteroatoms. The van der Waals surface area contributed by atoms with Gasteiger partial charge in [0.25, 0.3) is 0 Å². The number of hydrogen-bond acceptors (Lipinski definition) is 3. The molecule has 6 nitrogen and oxygen atoms in total. The van der Waals surface area contributed by atoms with Crippen molar-refractivity contribution in [3.05, 3.63) is 48.2 Å². The number of rotatable bonds is 2. The van der Waals surface area contributed by atoms with Crippen LogP contribution in [-0.2, 0) is 6.18 Å². The maximum atomic E-state index is 14.3. The van der Waals surface area contributed by atoms with E-state index in [-0.39, 0.29) is 23.1 Å². The fraction of sp³-hybridized carbons (Fsp3) is 0.235. The lowest BCUT2D eigenvalue weighted by Crippen LogP contribution is -2.44. The van der Waals surface area contributed by atoms with Crippen molar-refractivity contribution in [2.24, 2.45) is 0 Å². The van der Waals surface area contributed by atoms with Crippen LogP contribution in [0.15, 0.2) is 36.8 Å². The Morgan fingerprint density at radius 3 is 2.63 bits per heavy atom. The second-order valence-electron chi connectivity index (χ2n) is 6.14. The van der Waals surface area contributed by atoms with Crippen molar-refractivity contribution in [2.75, 3.05) is 18.4 Å². The number of carbonyl (C=O) groups is 1. The number of imidazole rings is 1. The molecule has 1 fully saturated rings. The van der Waals surface area contributed by atoms with Crippen molar-refractivity contribution in [3.63, 3.8) is 0 Å². The minimum absolute atomic E-state index is 0.00687. The summed E-state index contributed by atoms with van der Waals surface area (Å²) < 4.78 is 53.8. The molecule has 3 heterocycles. The number of halogens is 4. The standard InChI is InChI=1S/C17H13F4N5O/c18-13-3-2-11(23-16(27)25-4-1-5-25)6-12(13)14-9-26-8-10(17(19,20)21)7-22-15(26)24-14/h2-3,6-9H,1,4-5H2,(H,23,27). The van der Waals surface area contributed by atoms with Gasteiger partial charge in [-0.25, -0.2) is 19.2 Å². The van der Waals surface area contributed by atoms with E-state index in [1.165, 1.54) is 24.4 Å². The van der Waals surface area contributed by atoms with Crippen LogP contribution in [-0.4, -0.2) is 38.4 Å². The fourth-order valence-corrected chi connectivity index (χ4v) is 2.68. The minimum Gasteiger partial charge on any atom is -0.324 e. The smallest absolute Gasteiger partial charge is 0.324 e. The number of nitrogens with one attached hydrogen (secondary N) is 1. The molecule has 2 aromatic heterocycles. The molecule has 27 heavy (non-hydrogen) atoms. The van der Waals surface area contributed by atoms with Gasteiger partial charge in [0, 0.05) is 42.9 Å². The molecular formula is C17H13F4N5O. The molecule has 1 aliphatic rings. The van der Waals surface area contributed by atoms with Gasteiger partial charge < -0.3 is 10.2 Å². The summed E-state index contributed by atoms with van der Waals surface area (Å²) in [6.45, 7) is 1.33. The molecular weight excluding hydrogens is 366 g/mol. The van der Waals surface area contributed by atoms with E-state index in [1.807, 2.05) is 0 Å². The van der Waals surface area contributed by atoms with Crippen LogP contribution >= 0.6 is 0 Å². The van der Waals surface area contributed by atoms with Gasteiger partial charge in [-0.3, -0.25) is 4.40 Å². The molecule has 1 N–H and O–H groups in total. The first-order valence-electron chi connectivity index (χ1n) is 8.09. The zero-order valence-corrected chi connectivity index (χ0v) is 13.8. The van der Waals surface area contributed by atoms with E-state index >= 15 is 0 Å². The minimum atomic E-state index is -4.54. The number of benzene rings is 1. The van der Waals surface area contributed by atoms with Gasteiger partial charge in [0.05, 0.1) is 11.3 Å². The van der Waals surface area contributed by atoms with Gasteiger partial charge in [0.2, 0.25) is 5.78 Å². The molecule has 4 rings (SSSR count). The Kier molecular flexibility index (Phi) is 3.97. The highest BCUT2D eigenvalue weighted by atomic mass is 19.4. The molecule has 140 valence electrons. The second kappa shape index (κ2) is 6.22. The molecule has 1 aromatic carbocycles. The van der Waals surface area contributed by atoms with E-state index in [0.29, 0.717) is 25.0 Å². The highest BCUT2D eigenvalue weighted by Gasteiger charge is 2.31. The quantitative estimate of drug-likeness (QED) is 0.689. The molecule has 3 aromatic rings. The topological polar surface area (TPSA) is 62.5 Å². The molecule has 0 unspecified atom stereocenters. The van der Waals surface area contributed by atoms with Crippen LogP contribution in [0.5, 0.6) is 0 Å². The predicted molar refractivity (Wildman–Crippen MR) is 88.6 cm³/mol. The van der Waals surface area contributed by atoms with Crippen molar-refractivity contribution < 1.29 is 22.4 Å². The summed E-state index contributed by atoms with van der Waals surface area (Å²) in [5, 5.41) is 2.67. The van der Waals surface area contributed by atoms with E-state index in [1.54, 1.807) is 4.90 Å². The summed E-state index contributed by atoms with van der Waals surface area (Å²) in [6.07, 6.45) is -0.830. The van der Waals surface area contributed by atoms with E-state index in [0.717, 1.165) is 17.0 Å². The van der Waals surface area contributed by atoms with Crippen LogP contribution in [0, 0.1) is 5.82 Å². The van der Waals surface area contributed by atoms with Crippen LogP contribution < -0.4 is 5.32 Å². The first kappa shape index (κ1) is 17.3. The number of aromatic nitrogens is 3. The zero-order chi connectivity index (χ0) is 19.2. The Morgan fingerprint density at radius 1 is 1.19 bits per heavy atom. The molecule has 0 atom stereocenters. The first-order valence-corrected chi connectivity index (χ1v) is 8.09. The fourth-order valence-electron chi connectivity index (χ4n) is 2.68. The summed E-state index contributed by atoms with van der Waals surface area (Å²) in [7, 11) is 0. The molecule has 0 aliphatic carbocycles. The van der Waals surface area contributed by atoms with E-state index < -0.39 is 17.6 Å². The van der Waals surface area contributed by atoms with Gasteiger partial charge in [0.1, 0.15) is 5.82 Å². The van der Waals surface area contributed by atoms with E-state index in [9.17, 15) is 22.4 Å². The highest BCUT2D eigenvalue weighted by molar-refractivity contribution is 5.90. The van der Waals surface area contributed by atoms with Crippen LogP contribution in [0.4, 0.5) is 28.0 Å². The monoisotopic (exact) mass is 379 g/mol. The first-order chi connectivity index (χ1) is 12.8. The van der Waals surface area contributed by atoms with Gasteiger partial charge in [-0.05, 0) is 24.6 Å². The van der Waals surface area contributed by atoms with Crippen LogP contribution in [0.3, 0.4) is 0 Å². The lowest BCUT2D eigenvalue weighted by molar-refractivity contribution is -0.138. The van der Waals surface area contributed by atoms with E-state index in [4.69, 9.17) is 0 Å². The van der Waals surface area contributed by atoms with Gasteiger partial charge in [0.15, 0.2) is 0 Å². The Bertz CT molecular complexity index is 1030. The van der Waals surface area contributed by atoms with Crippen LogP contribution in [0.25, 0.3) is 17.0 Å². The van der Waals surface area contributed by atoms with Crippen molar-refractivity contribution in [2.45, 2.75) is 12.6 Å². The number of hydrogen-bond donors (Lipinski definition) is 1. The molecule has 0 saturated carbocycles. The average molecular weight is 379 g/mol. The van der Waals surface area contributed by atoms with E-state index in [2.05, 4.69) is 15.3 Å². The highest BCUT2D eigenvalue weighted by Crippen LogP contribution is 2.30. The summed E-state index contributed by atoms with van der Waals surface area (Å²) in [5.41, 5.74) is -0.408. The number of urea groups is 1. The van der Waals surface area contributed by atoms with Gasteiger partial charge in [-0.15, -0.1) is 0 Å². The molecule has 0 spiro atoms. The largest absolute Gasteiger partial charge is 0.419 e. The van der Waals surface area contributed by atoms with Crippen LogP contribution in [0.2, 0.25) is 0 Å². The second-order valence-corrected chi connectivity index (χ2v) is 6.14.